The third kappa shape index (κ3) is 7.92. The monoisotopic (exact) mass is 547 g/mol. The van der Waals surface area contributed by atoms with Crippen LogP contribution in [0.2, 0.25) is 0 Å². The van der Waals surface area contributed by atoms with E-state index in [1.807, 2.05) is 19.1 Å². The van der Waals surface area contributed by atoms with Crippen molar-refractivity contribution in [2.45, 2.75) is 44.2 Å². The van der Waals surface area contributed by atoms with E-state index in [2.05, 4.69) is 5.32 Å². The molecule has 1 atom stereocenters. The van der Waals surface area contributed by atoms with Gasteiger partial charge in [0.15, 0.2) is 6.61 Å². The molecule has 0 radical (unpaired) electrons. The zero-order chi connectivity index (χ0) is 27.5. The van der Waals surface area contributed by atoms with Crippen molar-refractivity contribution in [3.8, 4) is 11.5 Å². The number of benzene rings is 2. The van der Waals surface area contributed by atoms with Gasteiger partial charge < -0.3 is 24.4 Å². The van der Waals surface area contributed by atoms with Crippen LogP contribution in [-0.4, -0.2) is 82.0 Å². The second-order valence-corrected chi connectivity index (χ2v) is 10.9. The van der Waals surface area contributed by atoms with E-state index < -0.39 is 16.1 Å². The number of morpholine rings is 1. The zero-order valence-corrected chi connectivity index (χ0v) is 23.0. The average molecular weight is 548 g/mol. The molecule has 1 N–H and O–H groups in total. The summed E-state index contributed by atoms with van der Waals surface area (Å²) in [6.45, 7) is 5.52. The van der Waals surface area contributed by atoms with Gasteiger partial charge >= 0.3 is 0 Å². The summed E-state index contributed by atoms with van der Waals surface area (Å²) in [7, 11) is -2.05. The molecule has 0 aliphatic carbocycles. The number of methoxy groups -OCH3 is 1. The number of carbonyl (C=O) groups excluding carboxylic acids is 2. The number of sulfonamides is 1. The number of hydrogen-bond donors (Lipinski definition) is 1. The van der Waals surface area contributed by atoms with Crippen LogP contribution in [0.5, 0.6) is 11.5 Å². The maximum Gasteiger partial charge on any atom is 0.261 e. The van der Waals surface area contributed by atoms with Crippen LogP contribution in [0.3, 0.4) is 0 Å². The maximum absolute atomic E-state index is 13.2. The Morgan fingerprint density at radius 2 is 1.68 bits per heavy atom. The second kappa shape index (κ2) is 14.1. The van der Waals surface area contributed by atoms with Crippen LogP contribution < -0.4 is 14.8 Å². The Kier molecular flexibility index (Phi) is 10.9. The Morgan fingerprint density at radius 1 is 1.05 bits per heavy atom. The van der Waals surface area contributed by atoms with Crippen molar-refractivity contribution >= 4 is 21.8 Å². The molecular formula is C27H37N3O7S. The molecule has 2 amide bonds. The highest BCUT2D eigenvalue weighted by atomic mass is 32.2. The van der Waals surface area contributed by atoms with Gasteiger partial charge in [0.05, 0.1) is 25.2 Å². The molecule has 2 aromatic carbocycles. The molecule has 38 heavy (non-hydrogen) atoms. The Balaban J connectivity index is 1.67. The standard InChI is InChI=1S/C27H37N3O7S/c1-4-5-14-28-27(32)21(2)30(19-22-6-8-23(35-3)9-7-22)26(31)20-37-24-10-12-25(13-11-24)38(33,34)29-15-17-36-18-16-29/h6-13,21H,4-5,14-20H2,1-3H3,(H,28,32)/t21-/m0/s1. The van der Waals surface area contributed by atoms with Gasteiger partial charge in [-0.25, -0.2) is 8.42 Å². The number of ether oxygens (including phenoxy) is 3. The van der Waals surface area contributed by atoms with Gasteiger partial charge in [-0.3, -0.25) is 9.59 Å². The van der Waals surface area contributed by atoms with Crippen LogP contribution in [0.15, 0.2) is 53.4 Å². The summed E-state index contributed by atoms with van der Waals surface area (Å²) in [5.41, 5.74) is 0.838. The number of nitrogens with zero attached hydrogens (tertiary/aromatic N) is 2. The van der Waals surface area contributed by atoms with Crippen molar-refractivity contribution in [1.82, 2.24) is 14.5 Å². The third-order valence-electron chi connectivity index (χ3n) is 6.30. The second-order valence-electron chi connectivity index (χ2n) is 8.97. The van der Waals surface area contributed by atoms with Gasteiger partial charge in [0.1, 0.15) is 17.5 Å². The fraction of sp³-hybridized carbons (Fsp3) is 0.481. The van der Waals surface area contributed by atoms with Crippen molar-refractivity contribution < 1.29 is 32.2 Å². The van der Waals surface area contributed by atoms with E-state index in [0.29, 0.717) is 44.3 Å². The van der Waals surface area contributed by atoms with E-state index in [1.165, 1.54) is 33.5 Å². The van der Waals surface area contributed by atoms with E-state index in [4.69, 9.17) is 14.2 Å². The lowest BCUT2D eigenvalue weighted by atomic mass is 10.1. The third-order valence-corrected chi connectivity index (χ3v) is 8.22. The summed E-state index contributed by atoms with van der Waals surface area (Å²) >= 11 is 0. The van der Waals surface area contributed by atoms with Crippen molar-refractivity contribution in [2.75, 3.05) is 46.6 Å². The highest BCUT2D eigenvalue weighted by Crippen LogP contribution is 2.21. The molecule has 0 aromatic heterocycles. The van der Waals surface area contributed by atoms with E-state index in [-0.39, 0.29) is 29.9 Å². The molecule has 11 heteroatoms. The van der Waals surface area contributed by atoms with E-state index in [1.54, 1.807) is 26.2 Å². The summed E-state index contributed by atoms with van der Waals surface area (Å²) in [4.78, 5) is 27.6. The first-order chi connectivity index (χ1) is 18.3. The summed E-state index contributed by atoms with van der Waals surface area (Å²) in [6.07, 6.45) is 1.80. The Bertz CT molecular complexity index is 1150. The molecule has 0 spiro atoms. The van der Waals surface area contributed by atoms with Crippen LogP contribution >= 0.6 is 0 Å². The molecule has 0 bridgehead atoms. The number of hydrogen-bond acceptors (Lipinski definition) is 7. The van der Waals surface area contributed by atoms with Gasteiger partial charge in [-0.05, 0) is 55.3 Å². The Morgan fingerprint density at radius 3 is 2.29 bits per heavy atom. The van der Waals surface area contributed by atoms with Crippen LogP contribution in [-0.2, 0) is 30.9 Å². The molecule has 1 aliphatic rings. The van der Waals surface area contributed by atoms with Gasteiger partial charge in [-0.2, -0.15) is 4.31 Å². The summed E-state index contributed by atoms with van der Waals surface area (Å²) in [5.74, 6) is 0.435. The van der Waals surface area contributed by atoms with Gasteiger partial charge in [0, 0.05) is 26.2 Å². The lowest BCUT2D eigenvalue weighted by molar-refractivity contribution is -0.142. The SMILES string of the molecule is CCCCNC(=O)[C@H](C)N(Cc1ccc(OC)cc1)C(=O)COc1ccc(S(=O)(=O)N2CCOCC2)cc1. The molecule has 1 fully saturated rings. The summed E-state index contributed by atoms with van der Waals surface area (Å²) in [6, 6.07) is 12.5. The minimum Gasteiger partial charge on any atom is -0.497 e. The van der Waals surface area contributed by atoms with Gasteiger partial charge in [-0.15, -0.1) is 0 Å². The molecule has 2 aromatic rings. The number of unbranched alkanes of at least 4 members (excludes halogenated alkanes) is 1. The minimum absolute atomic E-state index is 0.150. The fourth-order valence-electron chi connectivity index (χ4n) is 3.92. The molecule has 208 valence electrons. The molecule has 10 nitrogen and oxygen atoms in total. The molecule has 1 saturated heterocycles. The normalized spacial score (nSPS) is 14.9. The van der Waals surface area contributed by atoms with Gasteiger partial charge in [0.25, 0.3) is 5.91 Å². The molecule has 1 aliphatic heterocycles. The van der Waals surface area contributed by atoms with Crippen LogP contribution in [0.1, 0.15) is 32.3 Å². The van der Waals surface area contributed by atoms with Gasteiger partial charge in [0.2, 0.25) is 15.9 Å². The minimum atomic E-state index is -3.62. The lowest BCUT2D eigenvalue weighted by Gasteiger charge is -2.29. The summed E-state index contributed by atoms with van der Waals surface area (Å²) < 4.78 is 43.2. The van der Waals surface area contributed by atoms with Crippen molar-refractivity contribution in [3.63, 3.8) is 0 Å². The zero-order valence-electron chi connectivity index (χ0n) is 22.2. The van der Waals surface area contributed by atoms with Gasteiger partial charge in [-0.1, -0.05) is 25.5 Å². The number of nitrogens with one attached hydrogen (secondary N) is 1. The fourth-order valence-corrected chi connectivity index (χ4v) is 5.33. The van der Waals surface area contributed by atoms with Crippen molar-refractivity contribution in [1.29, 1.82) is 0 Å². The maximum atomic E-state index is 13.2. The molecule has 0 unspecified atom stereocenters. The van der Waals surface area contributed by atoms with E-state index in [0.717, 1.165) is 18.4 Å². The van der Waals surface area contributed by atoms with Crippen LogP contribution in [0.4, 0.5) is 0 Å². The summed E-state index contributed by atoms with van der Waals surface area (Å²) in [5, 5.41) is 2.88. The van der Waals surface area contributed by atoms with E-state index in [9.17, 15) is 18.0 Å². The quantitative estimate of drug-likeness (QED) is 0.383. The topological polar surface area (TPSA) is 114 Å². The number of carbonyl (C=O) groups is 2. The number of amides is 2. The highest BCUT2D eigenvalue weighted by molar-refractivity contribution is 7.89. The molecule has 1 heterocycles. The smallest absolute Gasteiger partial charge is 0.261 e. The van der Waals surface area contributed by atoms with Crippen LogP contribution in [0, 0.1) is 0 Å². The molecule has 3 rings (SSSR count). The highest BCUT2D eigenvalue weighted by Gasteiger charge is 2.28. The average Bonchev–Trinajstić information content (AvgIpc) is 2.95. The first-order valence-corrected chi connectivity index (χ1v) is 14.2. The number of rotatable bonds is 13. The van der Waals surface area contributed by atoms with E-state index >= 15 is 0 Å². The van der Waals surface area contributed by atoms with Crippen LogP contribution in [0.25, 0.3) is 0 Å². The molecule has 0 saturated carbocycles. The lowest BCUT2D eigenvalue weighted by Crippen LogP contribution is -2.49. The van der Waals surface area contributed by atoms with Crippen molar-refractivity contribution in [2.24, 2.45) is 0 Å². The molecular weight excluding hydrogens is 510 g/mol. The largest absolute Gasteiger partial charge is 0.497 e. The first kappa shape index (κ1) is 29.4. The first-order valence-electron chi connectivity index (χ1n) is 12.8. The Hall–Kier alpha value is -3.15. The predicted octanol–water partition coefficient (Wildman–Crippen LogP) is 2.43. The predicted molar refractivity (Wildman–Crippen MR) is 142 cm³/mol. The Labute approximate surface area is 224 Å². The van der Waals surface area contributed by atoms with Crippen molar-refractivity contribution in [3.05, 3.63) is 54.1 Å².